The van der Waals surface area contributed by atoms with Crippen molar-refractivity contribution in [2.45, 2.75) is 6.10 Å². The second-order valence-corrected chi connectivity index (χ2v) is 5.61. The van der Waals surface area contributed by atoms with E-state index in [0.717, 1.165) is 17.9 Å². The van der Waals surface area contributed by atoms with Crippen molar-refractivity contribution >= 4 is 16.9 Å². The van der Waals surface area contributed by atoms with Crippen LogP contribution in [0.5, 0.6) is 0 Å². The van der Waals surface area contributed by atoms with E-state index in [1.165, 1.54) is 12.1 Å². The Hall–Kier alpha value is -2.54. The fraction of sp³-hybridized carbons (Fsp3) is 0.312. The number of morpholine rings is 1. The van der Waals surface area contributed by atoms with Crippen LogP contribution in [0.4, 0.5) is 10.2 Å². The number of fused-ring (bicyclic) bond motifs is 1. The van der Waals surface area contributed by atoms with E-state index in [-0.39, 0.29) is 11.9 Å². The lowest BCUT2D eigenvalue weighted by atomic mass is 10.1. The van der Waals surface area contributed by atoms with Gasteiger partial charge in [-0.3, -0.25) is 9.67 Å². The van der Waals surface area contributed by atoms with Crippen LogP contribution in [0.2, 0.25) is 0 Å². The van der Waals surface area contributed by atoms with Crippen molar-refractivity contribution in [3.63, 3.8) is 0 Å². The Morgan fingerprint density at radius 1 is 1.26 bits per heavy atom. The van der Waals surface area contributed by atoms with E-state index in [1.54, 1.807) is 16.9 Å². The van der Waals surface area contributed by atoms with Crippen LogP contribution in [-0.2, 0) is 11.8 Å². The van der Waals surface area contributed by atoms with E-state index in [1.807, 2.05) is 19.4 Å². The smallest absolute Gasteiger partial charge is 0.148 e. The molecule has 23 heavy (non-hydrogen) atoms. The molecular formula is C16H16FN5O. The van der Waals surface area contributed by atoms with Gasteiger partial charge in [-0.05, 0) is 12.1 Å². The van der Waals surface area contributed by atoms with Crippen molar-refractivity contribution in [1.29, 1.82) is 0 Å². The van der Waals surface area contributed by atoms with Gasteiger partial charge in [-0.2, -0.15) is 5.10 Å². The summed E-state index contributed by atoms with van der Waals surface area (Å²) in [5, 5.41) is 4.19. The molecule has 1 aromatic carbocycles. The fourth-order valence-electron chi connectivity index (χ4n) is 2.79. The number of ether oxygens (including phenoxy) is 1. The summed E-state index contributed by atoms with van der Waals surface area (Å²) in [5.74, 6) is 0.430. The topological polar surface area (TPSA) is 56.1 Å². The molecule has 0 N–H and O–H groups in total. The minimum Gasteiger partial charge on any atom is -0.370 e. The molecule has 1 unspecified atom stereocenters. The highest BCUT2D eigenvalue weighted by atomic mass is 19.1. The number of hydrogen-bond acceptors (Lipinski definition) is 5. The van der Waals surface area contributed by atoms with E-state index in [0.29, 0.717) is 24.2 Å². The van der Waals surface area contributed by atoms with Crippen molar-refractivity contribution in [3.05, 3.63) is 48.2 Å². The van der Waals surface area contributed by atoms with Crippen molar-refractivity contribution < 1.29 is 9.13 Å². The monoisotopic (exact) mass is 313 g/mol. The summed E-state index contributed by atoms with van der Waals surface area (Å²) in [6.45, 7) is 2.00. The van der Waals surface area contributed by atoms with Crippen molar-refractivity contribution in [1.82, 2.24) is 19.7 Å². The van der Waals surface area contributed by atoms with Crippen LogP contribution in [-0.4, -0.2) is 39.4 Å². The van der Waals surface area contributed by atoms with Crippen LogP contribution >= 0.6 is 0 Å². The van der Waals surface area contributed by atoms with Gasteiger partial charge in [0, 0.05) is 31.4 Å². The highest BCUT2D eigenvalue weighted by Crippen LogP contribution is 2.25. The number of aryl methyl sites for hydroxylation is 1. The maximum atomic E-state index is 13.4. The molecule has 3 aromatic rings. The first-order valence-electron chi connectivity index (χ1n) is 7.46. The number of rotatable bonds is 2. The third kappa shape index (κ3) is 2.75. The third-order valence-corrected chi connectivity index (χ3v) is 3.98. The molecule has 118 valence electrons. The Labute approximate surface area is 132 Å². The van der Waals surface area contributed by atoms with Crippen molar-refractivity contribution in [2.24, 2.45) is 7.05 Å². The first-order valence-corrected chi connectivity index (χ1v) is 7.46. The number of benzene rings is 1. The highest BCUT2D eigenvalue weighted by molar-refractivity contribution is 5.75. The molecule has 1 fully saturated rings. The molecule has 3 heterocycles. The molecule has 1 aliphatic heterocycles. The SMILES string of the molecule is Cn1cc(C2CN(c3cnc4ccc(F)cc4n3)CCO2)cn1. The Balaban J connectivity index is 1.61. The number of nitrogens with zero attached hydrogens (tertiary/aromatic N) is 5. The van der Waals surface area contributed by atoms with Crippen LogP contribution in [0.25, 0.3) is 11.0 Å². The lowest BCUT2D eigenvalue weighted by molar-refractivity contribution is 0.0395. The maximum Gasteiger partial charge on any atom is 0.148 e. The highest BCUT2D eigenvalue weighted by Gasteiger charge is 2.24. The van der Waals surface area contributed by atoms with Crippen LogP contribution in [0.15, 0.2) is 36.8 Å². The molecule has 2 aromatic heterocycles. The minimum absolute atomic E-state index is 0.0533. The molecule has 0 aliphatic carbocycles. The molecule has 4 rings (SSSR count). The largest absolute Gasteiger partial charge is 0.370 e. The summed E-state index contributed by atoms with van der Waals surface area (Å²) in [7, 11) is 1.88. The molecule has 0 saturated carbocycles. The van der Waals surface area contributed by atoms with E-state index in [9.17, 15) is 4.39 Å². The van der Waals surface area contributed by atoms with Gasteiger partial charge in [-0.1, -0.05) is 0 Å². The molecular weight excluding hydrogens is 297 g/mol. The summed E-state index contributed by atoms with van der Waals surface area (Å²) in [6.07, 6.45) is 5.44. The van der Waals surface area contributed by atoms with Gasteiger partial charge in [0.05, 0.1) is 36.6 Å². The summed E-state index contributed by atoms with van der Waals surface area (Å²) >= 11 is 0. The second kappa shape index (κ2) is 5.58. The standard InChI is InChI=1S/C16H16FN5O/c1-21-9-11(7-19-21)15-10-22(4-5-23-15)16-8-18-13-3-2-12(17)6-14(13)20-16/h2-3,6-9,15H,4-5,10H2,1H3. The number of aromatic nitrogens is 4. The Bertz CT molecular complexity index is 849. The predicted octanol–water partition coefficient (Wildman–Crippen LogP) is 2.08. The predicted molar refractivity (Wildman–Crippen MR) is 83.6 cm³/mol. The third-order valence-electron chi connectivity index (χ3n) is 3.98. The zero-order valence-electron chi connectivity index (χ0n) is 12.7. The van der Waals surface area contributed by atoms with Crippen molar-refractivity contribution in [3.8, 4) is 0 Å². The average Bonchev–Trinajstić information content (AvgIpc) is 3.01. The van der Waals surface area contributed by atoms with Gasteiger partial charge in [0.2, 0.25) is 0 Å². The average molecular weight is 313 g/mol. The van der Waals surface area contributed by atoms with Crippen LogP contribution in [0.1, 0.15) is 11.7 Å². The molecule has 0 amide bonds. The second-order valence-electron chi connectivity index (χ2n) is 5.61. The zero-order valence-corrected chi connectivity index (χ0v) is 12.7. The van der Waals surface area contributed by atoms with Crippen LogP contribution in [0.3, 0.4) is 0 Å². The van der Waals surface area contributed by atoms with Crippen LogP contribution in [0, 0.1) is 5.82 Å². The Morgan fingerprint density at radius 3 is 3.00 bits per heavy atom. The molecule has 0 bridgehead atoms. The number of halogens is 1. The fourth-order valence-corrected chi connectivity index (χ4v) is 2.79. The van der Waals surface area contributed by atoms with Gasteiger partial charge in [0.15, 0.2) is 0 Å². The molecule has 7 heteroatoms. The lowest BCUT2D eigenvalue weighted by Crippen LogP contribution is -2.38. The van der Waals surface area contributed by atoms with Crippen molar-refractivity contribution in [2.75, 3.05) is 24.6 Å². The summed E-state index contributed by atoms with van der Waals surface area (Å²) in [4.78, 5) is 11.0. The van der Waals surface area contributed by atoms with Crippen LogP contribution < -0.4 is 4.90 Å². The quantitative estimate of drug-likeness (QED) is 0.725. The van der Waals surface area contributed by atoms with Gasteiger partial charge in [0.25, 0.3) is 0 Å². The van der Waals surface area contributed by atoms with Gasteiger partial charge in [-0.25, -0.2) is 9.37 Å². The van der Waals surface area contributed by atoms with E-state index in [2.05, 4.69) is 20.0 Å². The number of hydrogen-bond donors (Lipinski definition) is 0. The number of anilines is 1. The minimum atomic E-state index is -0.306. The Morgan fingerprint density at radius 2 is 2.17 bits per heavy atom. The summed E-state index contributed by atoms with van der Waals surface area (Å²) < 4.78 is 21.0. The van der Waals surface area contributed by atoms with Gasteiger partial charge in [-0.15, -0.1) is 0 Å². The zero-order chi connectivity index (χ0) is 15.8. The Kier molecular flexibility index (Phi) is 3.42. The van der Waals surface area contributed by atoms with Gasteiger partial charge in [0.1, 0.15) is 17.7 Å². The van der Waals surface area contributed by atoms with Gasteiger partial charge >= 0.3 is 0 Å². The first-order chi connectivity index (χ1) is 11.2. The maximum absolute atomic E-state index is 13.4. The molecule has 6 nitrogen and oxygen atoms in total. The van der Waals surface area contributed by atoms with Gasteiger partial charge < -0.3 is 9.64 Å². The van der Waals surface area contributed by atoms with E-state index < -0.39 is 0 Å². The first kappa shape index (κ1) is 14.1. The molecule has 1 aliphatic rings. The molecule has 0 radical (unpaired) electrons. The lowest BCUT2D eigenvalue weighted by Gasteiger charge is -2.33. The van der Waals surface area contributed by atoms with E-state index in [4.69, 9.17) is 4.74 Å². The summed E-state index contributed by atoms with van der Waals surface area (Å²) in [6, 6.07) is 4.44. The summed E-state index contributed by atoms with van der Waals surface area (Å²) in [5.41, 5.74) is 2.29. The molecule has 1 atom stereocenters. The molecule has 0 spiro atoms. The normalized spacial score (nSPS) is 18.5. The molecule has 1 saturated heterocycles. The van der Waals surface area contributed by atoms with E-state index >= 15 is 0 Å².